The number of benzene rings is 2. The van der Waals surface area contributed by atoms with Gasteiger partial charge in [0.2, 0.25) is 5.91 Å². The fourth-order valence-corrected chi connectivity index (χ4v) is 3.88. The number of likely N-dealkylation sites (tertiary alicyclic amines) is 1. The molecule has 1 aromatic heterocycles. The number of hydrogen-bond acceptors (Lipinski definition) is 2. The Morgan fingerprint density at radius 3 is 2.55 bits per heavy atom. The van der Waals surface area contributed by atoms with Crippen LogP contribution < -0.4 is 0 Å². The molecular weight excluding hydrogens is 379 g/mol. The lowest BCUT2D eigenvalue weighted by Gasteiger charge is -2.32. The van der Waals surface area contributed by atoms with E-state index >= 15 is 0 Å². The minimum atomic E-state index is -4.37. The Hall–Kier alpha value is -3.09. The van der Waals surface area contributed by atoms with Gasteiger partial charge in [-0.05, 0) is 37.1 Å². The van der Waals surface area contributed by atoms with E-state index in [4.69, 9.17) is 5.10 Å². The van der Waals surface area contributed by atoms with E-state index in [2.05, 4.69) is 6.58 Å². The summed E-state index contributed by atoms with van der Waals surface area (Å²) in [6.45, 7) is 4.78. The van der Waals surface area contributed by atoms with Crippen LogP contribution in [0.3, 0.4) is 0 Å². The zero-order chi connectivity index (χ0) is 20.6. The highest BCUT2D eigenvalue weighted by Gasteiger charge is 2.30. The summed E-state index contributed by atoms with van der Waals surface area (Å²) < 4.78 is 40.6. The third-order valence-corrected chi connectivity index (χ3v) is 5.33. The van der Waals surface area contributed by atoms with Gasteiger partial charge in [0.25, 0.3) is 0 Å². The standard InChI is InChI=1S/C22H20F3N3O/c1-2-20(29)27-13-5-6-17(14-27)28-19-8-4-3-7-18(19)21(26-28)15-9-11-16(12-10-15)22(23,24)25/h2-4,7-12,17H,1,5-6,13-14H2. The van der Waals surface area contributed by atoms with E-state index in [-0.39, 0.29) is 11.9 Å². The van der Waals surface area contributed by atoms with Gasteiger partial charge in [0, 0.05) is 24.0 Å². The number of rotatable bonds is 3. The summed E-state index contributed by atoms with van der Waals surface area (Å²) >= 11 is 0. The Kier molecular flexibility index (Phi) is 4.90. The van der Waals surface area contributed by atoms with Crippen LogP contribution in [0.25, 0.3) is 22.2 Å². The van der Waals surface area contributed by atoms with Gasteiger partial charge in [0.1, 0.15) is 5.69 Å². The van der Waals surface area contributed by atoms with E-state index in [0.717, 1.165) is 35.9 Å². The maximum absolute atomic E-state index is 12.9. The molecular formula is C22H20F3N3O. The van der Waals surface area contributed by atoms with Crippen LogP contribution in [0, 0.1) is 0 Å². The third-order valence-electron chi connectivity index (χ3n) is 5.33. The first kappa shape index (κ1) is 19.2. The number of piperidine rings is 1. The molecule has 1 fully saturated rings. The van der Waals surface area contributed by atoms with E-state index in [0.29, 0.717) is 24.3 Å². The maximum atomic E-state index is 12.9. The number of para-hydroxylation sites is 1. The summed E-state index contributed by atoms with van der Waals surface area (Å²) in [6, 6.07) is 12.7. The normalized spacial score (nSPS) is 17.5. The van der Waals surface area contributed by atoms with E-state index in [1.165, 1.54) is 18.2 Å². The van der Waals surface area contributed by atoms with Crippen molar-refractivity contribution in [1.29, 1.82) is 0 Å². The highest BCUT2D eigenvalue weighted by atomic mass is 19.4. The highest BCUT2D eigenvalue weighted by Crippen LogP contribution is 2.34. The Labute approximate surface area is 166 Å². The van der Waals surface area contributed by atoms with Gasteiger partial charge in [-0.15, -0.1) is 0 Å². The number of halogens is 3. The summed E-state index contributed by atoms with van der Waals surface area (Å²) in [6.07, 6.45) is -1.33. The van der Waals surface area contributed by atoms with Crippen molar-refractivity contribution in [2.24, 2.45) is 0 Å². The monoisotopic (exact) mass is 399 g/mol. The number of nitrogens with zero attached hydrogens (tertiary/aromatic N) is 3. The van der Waals surface area contributed by atoms with Crippen molar-refractivity contribution in [3.05, 3.63) is 66.7 Å². The smallest absolute Gasteiger partial charge is 0.337 e. The molecule has 150 valence electrons. The second-order valence-corrected chi connectivity index (χ2v) is 7.17. The predicted molar refractivity (Wildman–Crippen MR) is 105 cm³/mol. The number of alkyl halides is 3. The average molecular weight is 399 g/mol. The number of carbonyl (C=O) groups is 1. The summed E-state index contributed by atoms with van der Waals surface area (Å²) in [7, 11) is 0. The SMILES string of the molecule is C=CC(=O)N1CCCC(n2nc(-c3ccc(C(F)(F)F)cc3)c3ccccc32)C1. The topological polar surface area (TPSA) is 38.1 Å². The van der Waals surface area contributed by atoms with Crippen LogP contribution in [0.15, 0.2) is 61.2 Å². The predicted octanol–water partition coefficient (Wildman–Crippen LogP) is 5.07. The molecule has 1 amide bonds. The molecule has 3 aromatic rings. The fourth-order valence-electron chi connectivity index (χ4n) is 3.88. The van der Waals surface area contributed by atoms with E-state index in [1.807, 2.05) is 28.9 Å². The van der Waals surface area contributed by atoms with Crippen LogP contribution in [-0.2, 0) is 11.0 Å². The number of hydrogen-bond donors (Lipinski definition) is 0. The lowest BCUT2D eigenvalue weighted by molar-refractivity contribution is -0.137. The van der Waals surface area contributed by atoms with Crippen LogP contribution >= 0.6 is 0 Å². The molecule has 4 nitrogen and oxygen atoms in total. The van der Waals surface area contributed by atoms with Gasteiger partial charge in [0.05, 0.1) is 17.1 Å². The van der Waals surface area contributed by atoms with Crippen molar-refractivity contribution in [2.45, 2.75) is 25.1 Å². The molecule has 0 saturated carbocycles. The molecule has 7 heteroatoms. The van der Waals surface area contributed by atoms with Crippen LogP contribution in [0.4, 0.5) is 13.2 Å². The molecule has 2 aromatic carbocycles. The van der Waals surface area contributed by atoms with Gasteiger partial charge in [-0.2, -0.15) is 18.3 Å². The fraction of sp³-hybridized carbons (Fsp3) is 0.273. The minimum absolute atomic E-state index is 0.000693. The molecule has 0 N–H and O–H groups in total. The van der Waals surface area contributed by atoms with Crippen molar-refractivity contribution < 1.29 is 18.0 Å². The quantitative estimate of drug-likeness (QED) is 0.577. The molecule has 0 bridgehead atoms. The molecule has 4 rings (SSSR count). The molecule has 1 aliphatic heterocycles. The number of carbonyl (C=O) groups excluding carboxylic acids is 1. The van der Waals surface area contributed by atoms with Crippen molar-refractivity contribution >= 4 is 16.8 Å². The highest BCUT2D eigenvalue weighted by molar-refractivity contribution is 5.93. The van der Waals surface area contributed by atoms with E-state index < -0.39 is 11.7 Å². The van der Waals surface area contributed by atoms with Gasteiger partial charge >= 0.3 is 6.18 Å². The molecule has 1 atom stereocenters. The van der Waals surface area contributed by atoms with Crippen molar-refractivity contribution in [3.63, 3.8) is 0 Å². The molecule has 0 spiro atoms. The molecule has 1 aliphatic rings. The first-order valence-corrected chi connectivity index (χ1v) is 9.44. The lowest BCUT2D eigenvalue weighted by Crippen LogP contribution is -2.40. The zero-order valence-corrected chi connectivity index (χ0v) is 15.7. The Morgan fingerprint density at radius 1 is 1.14 bits per heavy atom. The Morgan fingerprint density at radius 2 is 1.86 bits per heavy atom. The van der Waals surface area contributed by atoms with Crippen LogP contribution in [0.2, 0.25) is 0 Å². The first-order valence-electron chi connectivity index (χ1n) is 9.44. The number of fused-ring (bicyclic) bond motifs is 1. The summed E-state index contributed by atoms with van der Waals surface area (Å²) in [5.74, 6) is -0.103. The molecule has 29 heavy (non-hydrogen) atoms. The van der Waals surface area contributed by atoms with Crippen LogP contribution in [0.1, 0.15) is 24.4 Å². The van der Waals surface area contributed by atoms with Gasteiger partial charge in [-0.3, -0.25) is 9.48 Å². The molecule has 0 radical (unpaired) electrons. The van der Waals surface area contributed by atoms with E-state index in [9.17, 15) is 18.0 Å². The van der Waals surface area contributed by atoms with Gasteiger partial charge in [0.15, 0.2) is 0 Å². The number of aromatic nitrogens is 2. The van der Waals surface area contributed by atoms with Crippen molar-refractivity contribution in [3.8, 4) is 11.3 Å². The van der Waals surface area contributed by atoms with Crippen LogP contribution in [0.5, 0.6) is 0 Å². The average Bonchev–Trinajstić information content (AvgIpc) is 3.12. The summed E-state index contributed by atoms with van der Waals surface area (Å²) in [5, 5.41) is 5.64. The van der Waals surface area contributed by atoms with Gasteiger partial charge in [-0.25, -0.2) is 0 Å². The minimum Gasteiger partial charge on any atom is -0.337 e. The van der Waals surface area contributed by atoms with Gasteiger partial charge < -0.3 is 4.90 Å². The Balaban J connectivity index is 1.74. The number of amides is 1. The summed E-state index contributed by atoms with van der Waals surface area (Å²) in [4.78, 5) is 13.8. The molecule has 0 aliphatic carbocycles. The largest absolute Gasteiger partial charge is 0.416 e. The first-order chi connectivity index (χ1) is 13.9. The molecule has 1 unspecified atom stereocenters. The maximum Gasteiger partial charge on any atom is 0.416 e. The molecule has 1 saturated heterocycles. The third kappa shape index (κ3) is 3.64. The second kappa shape index (κ2) is 7.39. The van der Waals surface area contributed by atoms with Gasteiger partial charge in [-0.1, -0.05) is 36.9 Å². The zero-order valence-electron chi connectivity index (χ0n) is 15.7. The van der Waals surface area contributed by atoms with Crippen molar-refractivity contribution in [2.75, 3.05) is 13.1 Å². The molecule has 2 heterocycles. The van der Waals surface area contributed by atoms with Crippen LogP contribution in [-0.4, -0.2) is 33.7 Å². The lowest BCUT2D eigenvalue weighted by atomic mass is 10.0. The summed E-state index contributed by atoms with van der Waals surface area (Å²) in [5.41, 5.74) is 1.49. The Bertz CT molecular complexity index is 1050. The second-order valence-electron chi connectivity index (χ2n) is 7.17. The van der Waals surface area contributed by atoms with E-state index in [1.54, 1.807) is 4.90 Å². The van der Waals surface area contributed by atoms with Crippen molar-refractivity contribution in [1.82, 2.24) is 14.7 Å².